The van der Waals surface area contributed by atoms with E-state index in [-0.39, 0.29) is 11.9 Å². The number of halogens is 1. The fraction of sp³-hybridized carbons (Fsp3) is 0.278. The topological polar surface area (TPSA) is 62.5 Å². The molecular weight excluding hydrogens is 338 g/mol. The van der Waals surface area contributed by atoms with E-state index in [4.69, 9.17) is 11.6 Å². The molecule has 7 heteroatoms. The van der Waals surface area contributed by atoms with Crippen LogP contribution in [0.15, 0.2) is 48.8 Å². The average Bonchev–Trinajstić information content (AvgIpc) is 3.12. The van der Waals surface area contributed by atoms with E-state index in [2.05, 4.69) is 20.3 Å². The molecule has 2 aromatic heterocycles. The number of carbonyl (C=O) groups excluding carboxylic acids is 1. The van der Waals surface area contributed by atoms with Crippen LogP contribution in [0.4, 0.5) is 5.82 Å². The average molecular weight is 356 g/mol. The van der Waals surface area contributed by atoms with Crippen LogP contribution in [0.3, 0.4) is 0 Å². The summed E-state index contributed by atoms with van der Waals surface area (Å²) in [4.78, 5) is 18.9. The molecule has 1 N–H and O–H groups in total. The van der Waals surface area contributed by atoms with E-state index in [1.54, 1.807) is 36.7 Å². The summed E-state index contributed by atoms with van der Waals surface area (Å²) in [5.41, 5.74) is 1.48. The summed E-state index contributed by atoms with van der Waals surface area (Å²) in [5.74, 6) is 0.992. The molecule has 1 saturated heterocycles. The Hall–Kier alpha value is -2.60. The quantitative estimate of drug-likeness (QED) is 0.784. The van der Waals surface area contributed by atoms with E-state index in [9.17, 15) is 4.79 Å². The van der Waals surface area contributed by atoms with Crippen molar-refractivity contribution in [2.24, 2.45) is 0 Å². The van der Waals surface area contributed by atoms with Crippen molar-refractivity contribution in [1.29, 1.82) is 0 Å². The molecule has 0 saturated carbocycles. The second-order valence-electron chi connectivity index (χ2n) is 6.15. The normalized spacial score (nSPS) is 15.5. The summed E-state index contributed by atoms with van der Waals surface area (Å²) in [6.07, 6.45) is 5.35. The molecule has 1 amide bonds. The van der Waals surface area contributed by atoms with Crippen LogP contribution in [0.5, 0.6) is 0 Å². The lowest BCUT2D eigenvalue weighted by atomic mass is 10.0. The van der Waals surface area contributed by atoms with E-state index in [1.165, 1.54) is 0 Å². The fourth-order valence-corrected chi connectivity index (χ4v) is 3.31. The van der Waals surface area contributed by atoms with Gasteiger partial charge in [-0.2, -0.15) is 9.61 Å². The Kier molecular flexibility index (Phi) is 4.28. The van der Waals surface area contributed by atoms with Crippen LogP contribution in [0.25, 0.3) is 5.65 Å². The maximum Gasteiger partial charge on any atom is 0.251 e. The fourth-order valence-electron chi connectivity index (χ4n) is 3.18. The highest BCUT2D eigenvalue weighted by Gasteiger charge is 2.22. The summed E-state index contributed by atoms with van der Waals surface area (Å²) < 4.78 is 1.85. The Labute approximate surface area is 150 Å². The number of hydrogen-bond acceptors (Lipinski definition) is 4. The molecule has 1 fully saturated rings. The molecule has 0 spiro atoms. The summed E-state index contributed by atoms with van der Waals surface area (Å²) in [6, 6.07) is 11.0. The predicted molar refractivity (Wildman–Crippen MR) is 97.1 cm³/mol. The zero-order valence-corrected chi connectivity index (χ0v) is 14.4. The second kappa shape index (κ2) is 6.72. The van der Waals surface area contributed by atoms with Gasteiger partial charge in [0.25, 0.3) is 5.91 Å². The number of piperidine rings is 1. The van der Waals surface area contributed by atoms with Gasteiger partial charge in [-0.25, -0.2) is 4.98 Å². The van der Waals surface area contributed by atoms with Gasteiger partial charge in [0.1, 0.15) is 5.82 Å². The Morgan fingerprint density at radius 1 is 1.08 bits per heavy atom. The summed E-state index contributed by atoms with van der Waals surface area (Å²) in [6.45, 7) is 1.73. The minimum Gasteiger partial charge on any atom is -0.356 e. The van der Waals surface area contributed by atoms with E-state index in [1.807, 2.05) is 16.6 Å². The molecule has 1 aromatic carbocycles. The van der Waals surface area contributed by atoms with E-state index in [0.717, 1.165) is 37.4 Å². The molecule has 1 aliphatic heterocycles. The smallest absolute Gasteiger partial charge is 0.251 e. The SMILES string of the molecule is O=C(NC1CCN(c2ccnc3ccnn23)CC1)c1ccc(Cl)cc1. The minimum atomic E-state index is -0.0477. The van der Waals surface area contributed by atoms with Crippen molar-refractivity contribution in [1.82, 2.24) is 19.9 Å². The van der Waals surface area contributed by atoms with Crippen molar-refractivity contribution in [2.75, 3.05) is 18.0 Å². The maximum atomic E-state index is 12.3. The molecule has 0 aliphatic carbocycles. The molecule has 1 aliphatic rings. The number of hydrogen-bond donors (Lipinski definition) is 1. The predicted octanol–water partition coefficient (Wildman–Crippen LogP) is 2.78. The van der Waals surface area contributed by atoms with Crippen LogP contribution in [0, 0.1) is 0 Å². The van der Waals surface area contributed by atoms with E-state index in [0.29, 0.717) is 10.6 Å². The van der Waals surface area contributed by atoms with Gasteiger partial charge in [0.15, 0.2) is 5.65 Å². The van der Waals surface area contributed by atoms with Crippen molar-refractivity contribution in [3.8, 4) is 0 Å². The van der Waals surface area contributed by atoms with Gasteiger partial charge in [0.2, 0.25) is 0 Å². The van der Waals surface area contributed by atoms with Gasteiger partial charge in [0, 0.05) is 42.0 Å². The van der Waals surface area contributed by atoms with Crippen LogP contribution in [-0.4, -0.2) is 39.6 Å². The molecule has 3 aromatic rings. The lowest BCUT2D eigenvalue weighted by Crippen LogP contribution is -2.45. The van der Waals surface area contributed by atoms with Crippen molar-refractivity contribution in [2.45, 2.75) is 18.9 Å². The number of aromatic nitrogens is 3. The summed E-state index contributed by atoms with van der Waals surface area (Å²) in [7, 11) is 0. The van der Waals surface area contributed by atoms with Gasteiger partial charge in [-0.3, -0.25) is 4.79 Å². The van der Waals surface area contributed by atoms with Gasteiger partial charge in [-0.05, 0) is 43.2 Å². The first-order chi connectivity index (χ1) is 12.2. The first-order valence-corrected chi connectivity index (χ1v) is 8.68. The zero-order valence-electron chi connectivity index (χ0n) is 13.6. The first kappa shape index (κ1) is 15.9. The Morgan fingerprint density at radius 3 is 2.60 bits per heavy atom. The molecule has 128 valence electrons. The van der Waals surface area contributed by atoms with Crippen LogP contribution >= 0.6 is 11.6 Å². The number of rotatable bonds is 3. The molecule has 4 rings (SSSR count). The Morgan fingerprint density at radius 2 is 1.84 bits per heavy atom. The number of carbonyl (C=O) groups is 1. The zero-order chi connectivity index (χ0) is 17.2. The highest BCUT2D eigenvalue weighted by molar-refractivity contribution is 6.30. The molecular formula is C18H18ClN5O. The molecule has 3 heterocycles. The molecule has 0 atom stereocenters. The van der Waals surface area contributed by atoms with Crippen LogP contribution < -0.4 is 10.2 Å². The highest BCUT2D eigenvalue weighted by atomic mass is 35.5. The van der Waals surface area contributed by atoms with Gasteiger partial charge in [0.05, 0.1) is 6.20 Å². The van der Waals surface area contributed by atoms with Gasteiger partial charge >= 0.3 is 0 Å². The Bertz CT molecular complexity index is 884. The van der Waals surface area contributed by atoms with Gasteiger partial charge < -0.3 is 10.2 Å². The molecule has 0 unspecified atom stereocenters. The maximum absolute atomic E-state index is 12.3. The molecule has 0 bridgehead atoms. The van der Waals surface area contributed by atoms with E-state index < -0.39 is 0 Å². The molecule has 25 heavy (non-hydrogen) atoms. The van der Waals surface area contributed by atoms with Crippen molar-refractivity contribution < 1.29 is 4.79 Å². The van der Waals surface area contributed by atoms with Gasteiger partial charge in [-0.1, -0.05) is 11.6 Å². The number of nitrogens with one attached hydrogen (secondary N) is 1. The van der Waals surface area contributed by atoms with Crippen LogP contribution in [-0.2, 0) is 0 Å². The number of fused-ring (bicyclic) bond motifs is 1. The third kappa shape index (κ3) is 3.30. The monoisotopic (exact) mass is 355 g/mol. The van der Waals surface area contributed by atoms with Crippen molar-refractivity contribution in [3.63, 3.8) is 0 Å². The third-order valence-electron chi connectivity index (χ3n) is 4.53. The van der Waals surface area contributed by atoms with E-state index >= 15 is 0 Å². The highest BCUT2D eigenvalue weighted by Crippen LogP contribution is 2.20. The molecule has 0 radical (unpaired) electrons. The van der Waals surface area contributed by atoms with Crippen molar-refractivity contribution >= 4 is 29.0 Å². The first-order valence-electron chi connectivity index (χ1n) is 8.31. The lowest BCUT2D eigenvalue weighted by Gasteiger charge is -2.33. The van der Waals surface area contributed by atoms with Gasteiger partial charge in [-0.15, -0.1) is 0 Å². The number of anilines is 1. The van der Waals surface area contributed by atoms with Crippen molar-refractivity contribution in [3.05, 3.63) is 59.4 Å². The minimum absolute atomic E-state index is 0.0477. The van der Waals surface area contributed by atoms with Crippen LogP contribution in [0.1, 0.15) is 23.2 Å². The molecule has 6 nitrogen and oxygen atoms in total. The lowest BCUT2D eigenvalue weighted by molar-refractivity contribution is 0.0931. The standard InChI is InChI=1S/C18H18ClN5O/c19-14-3-1-13(2-4-14)18(25)22-15-7-11-23(12-8-15)17-6-9-20-16-5-10-21-24(16)17/h1-6,9-10,15H,7-8,11-12H2,(H,22,25). The largest absolute Gasteiger partial charge is 0.356 e. The second-order valence-corrected chi connectivity index (χ2v) is 6.58. The Balaban J connectivity index is 1.39. The third-order valence-corrected chi connectivity index (χ3v) is 4.78. The number of nitrogens with zero attached hydrogens (tertiary/aromatic N) is 4. The summed E-state index contributed by atoms with van der Waals surface area (Å²) in [5, 5.41) is 8.09. The number of benzene rings is 1. The summed E-state index contributed by atoms with van der Waals surface area (Å²) >= 11 is 5.87. The van der Waals surface area contributed by atoms with Crippen LogP contribution in [0.2, 0.25) is 5.02 Å². The number of amides is 1.